The molecular weight excluding hydrogens is 408 g/mol. The Kier molecular flexibility index (Phi) is 6.26. The number of piperidine rings is 1. The molecule has 30 heavy (non-hydrogen) atoms. The van der Waals surface area contributed by atoms with Crippen LogP contribution in [0.2, 0.25) is 5.02 Å². The minimum absolute atomic E-state index is 0.0803. The third kappa shape index (κ3) is 5.44. The minimum Gasteiger partial charge on any atom is -0.444 e. The number of H-pyrrole nitrogens is 1. The molecule has 0 spiro atoms. The summed E-state index contributed by atoms with van der Waals surface area (Å²) in [7, 11) is 0. The van der Waals surface area contributed by atoms with E-state index in [1.54, 1.807) is 43.9 Å². The molecule has 1 aliphatic heterocycles. The van der Waals surface area contributed by atoms with Gasteiger partial charge in [-0.3, -0.25) is 9.59 Å². The number of hydrogen-bond acceptors (Lipinski definition) is 4. The summed E-state index contributed by atoms with van der Waals surface area (Å²) in [5, 5.41) is 7.21. The van der Waals surface area contributed by atoms with Gasteiger partial charge in [0.1, 0.15) is 11.3 Å². The fourth-order valence-corrected chi connectivity index (χ4v) is 3.67. The number of aromatic nitrogens is 1. The van der Waals surface area contributed by atoms with Gasteiger partial charge in [0.15, 0.2) is 0 Å². The standard InChI is InChI=1S/C21H27ClN4O4/c1-12(27)26-8-7-16(18(11-26)25-20(29)30-21(2,3)4)24-19(28)17-10-13-9-14(22)5-6-15(13)23-17/h5-6,9-10,16,18,23H,7-8,11H2,1-4H3,(H,24,28)(H,25,29)/t16-,18-/m1/s1. The van der Waals surface area contributed by atoms with Gasteiger partial charge in [0.05, 0.1) is 12.1 Å². The molecule has 0 radical (unpaired) electrons. The average molecular weight is 435 g/mol. The number of rotatable bonds is 3. The van der Waals surface area contributed by atoms with E-state index < -0.39 is 17.7 Å². The number of ether oxygens (including phenoxy) is 1. The molecule has 0 bridgehead atoms. The zero-order valence-electron chi connectivity index (χ0n) is 17.5. The van der Waals surface area contributed by atoms with E-state index in [1.807, 2.05) is 6.07 Å². The van der Waals surface area contributed by atoms with Gasteiger partial charge in [-0.05, 0) is 51.5 Å². The molecule has 1 aromatic heterocycles. The molecule has 9 heteroatoms. The van der Waals surface area contributed by atoms with E-state index >= 15 is 0 Å². The van der Waals surface area contributed by atoms with Crippen molar-refractivity contribution in [2.45, 2.75) is 51.8 Å². The van der Waals surface area contributed by atoms with Crippen molar-refractivity contribution in [3.63, 3.8) is 0 Å². The summed E-state index contributed by atoms with van der Waals surface area (Å²) >= 11 is 6.02. The molecule has 2 aromatic rings. The Morgan fingerprint density at radius 3 is 2.57 bits per heavy atom. The van der Waals surface area contributed by atoms with Gasteiger partial charge in [-0.1, -0.05) is 11.6 Å². The van der Waals surface area contributed by atoms with E-state index in [0.29, 0.717) is 30.2 Å². The summed E-state index contributed by atoms with van der Waals surface area (Å²) in [6, 6.07) is 6.25. The normalized spacial score (nSPS) is 19.4. The molecular formula is C21H27ClN4O4. The van der Waals surface area contributed by atoms with Crippen LogP contribution in [0.15, 0.2) is 24.3 Å². The van der Waals surface area contributed by atoms with Crippen molar-refractivity contribution >= 4 is 40.4 Å². The Morgan fingerprint density at radius 2 is 1.90 bits per heavy atom. The van der Waals surface area contributed by atoms with Gasteiger partial charge in [0, 0.05) is 35.9 Å². The highest BCUT2D eigenvalue weighted by molar-refractivity contribution is 6.31. The molecule has 8 nitrogen and oxygen atoms in total. The third-order valence-corrected chi connectivity index (χ3v) is 5.14. The van der Waals surface area contributed by atoms with Gasteiger partial charge < -0.3 is 25.3 Å². The molecule has 2 atom stereocenters. The van der Waals surface area contributed by atoms with Gasteiger partial charge in [-0.25, -0.2) is 4.79 Å². The van der Waals surface area contributed by atoms with Crippen molar-refractivity contribution in [3.8, 4) is 0 Å². The molecule has 0 saturated carbocycles. The van der Waals surface area contributed by atoms with Crippen LogP contribution in [0.3, 0.4) is 0 Å². The first-order valence-corrected chi connectivity index (χ1v) is 10.2. The number of carbonyl (C=O) groups excluding carboxylic acids is 3. The highest BCUT2D eigenvalue weighted by Gasteiger charge is 2.34. The van der Waals surface area contributed by atoms with Crippen LogP contribution in [0.1, 0.15) is 44.6 Å². The molecule has 1 fully saturated rings. The summed E-state index contributed by atoms with van der Waals surface area (Å²) in [5.41, 5.74) is 0.556. The molecule has 162 valence electrons. The van der Waals surface area contributed by atoms with Crippen LogP contribution in [0.4, 0.5) is 4.79 Å². The molecule has 3 rings (SSSR count). The first-order chi connectivity index (χ1) is 14.0. The number of aromatic amines is 1. The Morgan fingerprint density at radius 1 is 1.17 bits per heavy atom. The van der Waals surface area contributed by atoms with Crippen LogP contribution < -0.4 is 10.6 Å². The highest BCUT2D eigenvalue weighted by Crippen LogP contribution is 2.21. The highest BCUT2D eigenvalue weighted by atomic mass is 35.5. The lowest BCUT2D eigenvalue weighted by Crippen LogP contribution is -2.61. The monoisotopic (exact) mass is 434 g/mol. The predicted molar refractivity (Wildman–Crippen MR) is 115 cm³/mol. The second-order valence-electron chi connectivity index (χ2n) is 8.50. The first-order valence-electron chi connectivity index (χ1n) is 9.86. The van der Waals surface area contributed by atoms with Gasteiger partial charge in [-0.2, -0.15) is 0 Å². The number of carbonyl (C=O) groups is 3. The van der Waals surface area contributed by atoms with E-state index in [0.717, 1.165) is 10.9 Å². The SMILES string of the molecule is CC(=O)N1CC[C@@H](NC(=O)c2cc3cc(Cl)ccc3[nH]2)[C@H](NC(=O)OC(C)(C)C)C1. The maximum absolute atomic E-state index is 12.8. The lowest BCUT2D eigenvalue weighted by Gasteiger charge is -2.39. The second-order valence-corrected chi connectivity index (χ2v) is 8.94. The number of hydrogen-bond donors (Lipinski definition) is 3. The number of fused-ring (bicyclic) bond motifs is 1. The molecule has 1 saturated heterocycles. The van der Waals surface area contributed by atoms with E-state index in [-0.39, 0.29) is 17.9 Å². The van der Waals surface area contributed by atoms with Crippen molar-refractivity contribution < 1.29 is 19.1 Å². The minimum atomic E-state index is -0.649. The number of nitrogens with one attached hydrogen (secondary N) is 3. The summed E-state index contributed by atoms with van der Waals surface area (Å²) in [6.07, 6.45) is -0.0740. The Bertz CT molecular complexity index is 966. The fourth-order valence-electron chi connectivity index (χ4n) is 3.49. The van der Waals surface area contributed by atoms with Crippen LogP contribution in [-0.4, -0.2) is 58.6 Å². The number of halogens is 1. The quantitative estimate of drug-likeness (QED) is 0.690. The number of amides is 3. The van der Waals surface area contributed by atoms with Crippen molar-refractivity contribution in [1.82, 2.24) is 20.5 Å². The average Bonchev–Trinajstić information content (AvgIpc) is 3.04. The summed E-state index contributed by atoms with van der Waals surface area (Å²) in [4.78, 5) is 41.7. The molecule has 2 heterocycles. The molecule has 3 amide bonds. The Hall–Kier alpha value is -2.74. The lowest BCUT2D eigenvalue weighted by atomic mass is 9.99. The summed E-state index contributed by atoms with van der Waals surface area (Å²) in [6.45, 7) is 7.60. The number of nitrogens with zero attached hydrogens (tertiary/aromatic N) is 1. The predicted octanol–water partition coefficient (Wildman–Crippen LogP) is 3.07. The smallest absolute Gasteiger partial charge is 0.408 e. The van der Waals surface area contributed by atoms with Crippen molar-refractivity contribution in [3.05, 3.63) is 35.0 Å². The number of likely N-dealkylation sites (tertiary alicyclic amines) is 1. The Balaban J connectivity index is 1.73. The molecule has 1 aliphatic rings. The van der Waals surface area contributed by atoms with Crippen LogP contribution in [-0.2, 0) is 9.53 Å². The van der Waals surface area contributed by atoms with Crippen molar-refractivity contribution in [2.75, 3.05) is 13.1 Å². The lowest BCUT2D eigenvalue weighted by molar-refractivity contribution is -0.130. The molecule has 1 aromatic carbocycles. The summed E-state index contributed by atoms with van der Waals surface area (Å²) < 4.78 is 5.34. The number of benzene rings is 1. The Labute approximate surface area is 180 Å². The van der Waals surface area contributed by atoms with Gasteiger partial charge in [0.2, 0.25) is 5.91 Å². The van der Waals surface area contributed by atoms with E-state index in [2.05, 4.69) is 15.6 Å². The summed E-state index contributed by atoms with van der Waals surface area (Å²) in [5.74, 6) is -0.372. The molecule has 0 aliphatic carbocycles. The van der Waals surface area contributed by atoms with Crippen LogP contribution in [0.5, 0.6) is 0 Å². The maximum atomic E-state index is 12.8. The zero-order chi connectivity index (χ0) is 22.1. The molecule has 3 N–H and O–H groups in total. The van der Waals surface area contributed by atoms with E-state index in [4.69, 9.17) is 16.3 Å². The van der Waals surface area contributed by atoms with Crippen molar-refractivity contribution in [2.24, 2.45) is 0 Å². The van der Waals surface area contributed by atoms with E-state index in [1.165, 1.54) is 6.92 Å². The van der Waals surface area contributed by atoms with Gasteiger partial charge in [-0.15, -0.1) is 0 Å². The zero-order valence-corrected chi connectivity index (χ0v) is 18.3. The van der Waals surface area contributed by atoms with Gasteiger partial charge in [0.25, 0.3) is 5.91 Å². The largest absolute Gasteiger partial charge is 0.444 e. The topological polar surface area (TPSA) is 104 Å². The van der Waals surface area contributed by atoms with Gasteiger partial charge >= 0.3 is 6.09 Å². The first kappa shape index (κ1) is 22.0. The fraction of sp³-hybridized carbons (Fsp3) is 0.476. The van der Waals surface area contributed by atoms with Crippen molar-refractivity contribution in [1.29, 1.82) is 0 Å². The second kappa shape index (κ2) is 8.55. The van der Waals surface area contributed by atoms with Crippen LogP contribution in [0.25, 0.3) is 10.9 Å². The number of alkyl carbamates (subject to hydrolysis) is 1. The maximum Gasteiger partial charge on any atom is 0.408 e. The van der Waals surface area contributed by atoms with E-state index in [9.17, 15) is 14.4 Å². The van der Waals surface area contributed by atoms with Crippen LogP contribution in [0, 0.1) is 0 Å². The molecule has 0 unspecified atom stereocenters. The third-order valence-electron chi connectivity index (χ3n) is 4.90. The van der Waals surface area contributed by atoms with Crippen LogP contribution >= 0.6 is 11.6 Å².